The quantitative estimate of drug-likeness (QED) is 0.617. The van der Waals surface area contributed by atoms with E-state index in [-0.39, 0.29) is 11.3 Å². The largest absolute Gasteiger partial charge is 0.342 e. The fourth-order valence-corrected chi connectivity index (χ4v) is 4.16. The second-order valence-electron chi connectivity index (χ2n) is 8.24. The SMILES string of the molecule is CC1CCN(c2nc3c(c(=O)n(C)c(=O)n3C)n2C(C)C(=O)c2ccccc2)CC1. The molecule has 2 aromatic heterocycles. The number of ketones is 1. The number of fused-ring (bicyclic) bond motifs is 1. The highest BCUT2D eigenvalue weighted by Gasteiger charge is 2.30. The molecule has 0 saturated carbocycles. The Bertz CT molecular complexity index is 1210. The molecule has 30 heavy (non-hydrogen) atoms. The number of carbonyl (C=O) groups excluding carboxylic acids is 1. The van der Waals surface area contributed by atoms with Gasteiger partial charge in [-0.3, -0.25) is 23.3 Å². The molecule has 0 N–H and O–H groups in total. The predicted molar refractivity (Wildman–Crippen MR) is 116 cm³/mol. The van der Waals surface area contributed by atoms with Crippen molar-refractivity contribution >= 4 is 22.9 Å². The van der Waals surface area contributed by atoms with Crippen molar-refractivity contribution in [2.24, 2.45) is 20.0 Å². The number of piperidine rings is 1. The molecule has 0 bridgehead atoms. The van der Waals surface area contributed by atoms with E-state index in [1.54, 1.807) is 30.7 Å². The minimum absolute atomic E-state index is 0.0996. The highest BCUT2D eigenvalue weighted by Crippen LogP contribution is 2.29. The summed E-state index contributed by atoms with van der Waals surface area (Å²) >= 11 is 0. The Morgan fingerprint density at radius 1 is 1.07 bits per heavy atom. The first-order chi connectivity index (χ1) is 14.3. The van der Waals surface area contributed by atoms with E-state index >= 15 is 0 Å². The molecule has 3 heterocycles. The van der Waals surface area contributed by atoms with Crippen molar-refractivity contribution in [1.29, 1.82) is 0 Å². The van der Waals surface area contributed by atoms with Crippen LogP contribution < -0.4 is 16.1 Å². The number of imidazole rings is 1. The van der Waals surface area contributed by atoms with Crippen molar-refractivity contribution in [3.8, 4) is 0 Å². The molecule has 1 aliphatic heterocycles. The summed E-state index contributed by atoms with van der Waals surface area (Å²) in [6.45, 7) is 5.61. The second kappa shape index (κ2) is 7.59. The van der Waals surface area contributed by atoms with Crippen LogP contribution in [0, 0.1) is 5.92 Å². The van der Waals surface area contributed by atoms with Gasteiger partial charge in [-0.15, -0.1) is 0 Å². The van der Waals surface area contributed by atoms with Crippen molar-refractivity contribution in [2.45, 2.75) is 32.7 Å². The summed E-state index contributed by atoms with van der Waals surface area (Å²) in [6, 6.07) is 8.41. The van der Waals surface area contributed by atoms with Crippen molar-refractivity contribution in [3.63, 3.8) is 0 Å². The van der Waals surface area contributed by atoms with Crippen LogP contribution in [0.15, 0.2) is 39.9 Å². The average Bonchev–Trinajstić information content (AvgIpc) is 3.17. The lowest BCUT2D eigenvalue weighted by Gasteiger charge is -2.32. The lowest BCUT2D eigenvalue weighted by atomic mass is 9.99. The highest BCUT2D eigenvalue weighted by atomic mass is 16.2. The van der Waals surface area contributed by atoms with Crippen molar-refractivity contribution < 1.29 is 4.79 Å². The number of Topliss-reactive ketones (excluding diaryl/α,β-unsaturated/α-hetero) is 1. The summed E-state index contributed by atoms with van der Waals surface area (Å²) in [6.07, 6.45) is 2.03. The zero-order chi connectivity index (χ0) is 21.6. The fourth-order valence-electron chi connectivity index (χ4n) is 4.16. The molecule has 1 aliphatic rings. The zero-order valence-corrected chi connectivity index (χ0v) is 17.8. The molecule has 4 rings (SSSR count). The molecule has 8 heteroatoms. The van der Waals surface area contributed by atoms with E-state index in [0.29, 0.717) is 23.1 Å². The van der Waals surface area contributed by atoms with Gasteiger partial charge in [-0.25, -0.2) is 4.79 Å². The van der Waals surface area contributed by atoms with E-state index in [1.165, 1.54) is 11.6 Å². The minimum Gasteiger partial charge on any atom is -0.342 e. The maximum Gasteiger partial charge on any atom is 0.332 e. The van der Waals surface area contributed by atoms with Crippen molar-refractivity contribution in [1.82, 2.24) is 18.7 Å². The molecule has 0 spiro atoms. The molecule has 0 radical (unpaired) electrons. The van der Waals surface area contributed by atoms with Crippen LogP contribution in [0.25, 0.3) is 11.2 Å². The first kappa shape index (κ1) is 20.1. The molecule has 1 unspecified atom stereocenters. The van der Waals surface area contributed by atoms with Gasteiger partial charge >= 0.3 is 5.69 Å². The Balaban J connectivity index is 1.95. The van der Waals surface area contributed by atoms with Crippen molar-refractivity contribution in [3.05, 3.63) is 56.7 Å². The highest BCUT2D eigenvalue weighted by molar-refractivity contribution is 5.99. The van der Waals surface area contributed by atoms with Gasteiger partial charge in [0, 0.05) is 32.7 Å². The number of carbonyl (C=O) groups is 1. The van der Waals surface area contributed by atoms with Crippen LogP contribution in [-0.2, 0) is 14.1 Å². The van der Waals surface area contributed by atoms with Gasteiger partial charge in [0.1, 0.15) is 0 Å². The van der Waals surface area contributed by atoms with E-state index in [2.05, 4.69) is 11.8 Å². The first-order valence-electron chi connectivity index (χ1n) is 10.3. The Labute approximate surface area is 174 Å². The molecule has 0 amide bonds. The van der Waals surface area contributed by atoms with Gasteiger partial charge in [0.15, 0.2) is 16.9 Å². The van der Waals surface area contributed by atoms with E-state index in [9.17, 15) is 14.4 Å². The van der Waals surface area contributed by atoms with Gasteiger partial charge in [0.05, 0.1) is 6.04 Å². The van der Waals surface area contributed by atoms with Crippen LogP contribution in [0.5, 0.6) is 0 Å². The van der Waals surface area contributed by atoms with Gasteiger partial charge in [-0.1, -0.05) is 37.3 Å². The second-order valence-corrected chi connectivity index (χ2v) is 8.24. The average molecular weight is 409 g/mol. The van der Waals surface area contributed by atoms with Crippen LogP contribution in [0.4, 0.5) is 5.95 Å². The Kier molecular flexibility index (Phi) is 5.09. The number of anilines is 1. The van der Waals surface area contributed by atoms with E-state index < -0.39 is 17.3 Å². The Hall–Kier alpha value is -3.16. The maximum atomic E-state index is 13.3. The molecule has 0 aliphatic carbocycles. The molecular formula is C22H27N5O3. The van der Waals surface area contributed by atoms with Crippen molar-refractivity contribution in [2.75, 3.05) is 18.0 Å². The molecule has 158 valence electrons. The molecule has 3 aromatic rings. The lowest BCUT2D eigenvalue weighted by Crippen LogP contribution is -2.38. The van der Waals surface area contributed by atoms with Gasteiger partial charge in [0.2, 0.25) is 5.95 Å². The Morgan fingerprint density at radius 2 is 1.70 bits per heavy atom. The third kappa shape index (κ3) is 3.16. The standard InChI is InChI=1S/C22H27N5O3/c1-14-10-12-26(13-11-14)21-23-19-17(20(29)25(4)22(30)24(19)3)27(21)15(2)18(28)16-8-6-5-7-9-16/h5-9,14-15H,10-13H2,1-4H3. The van der Waals surface area contributed by atoms with Crippen LogP contribution in [0.3, 0.4) is 0 Å². The van der Waals surface area contributed by atoms with Crippen LogP contribution >= 0.6 is 0 Å². The Morgan fingerprint density at radius 3 is 2.33 bits per heavy atom. The number of hydrogen-bond donors (Lipinski definition) is 0. The van der Waals surface area contributed by atoms with Gasteiger partial charge < -0.3 is 4.90 Å². The number of rotatable bonds is 4. The predicted octanol–water partition coefficient (Wildman–Crippen LogP) is 2.11. The van der Waals surface area contributed by atoms with Gasteiger partial charge in [0.25, 0.3) is 5.56 Å². The fraction of sp³-hybridized carbons (Fsp3) is 0.455. The summed E-state index contributed by atoms with van der Waals surface area (Å²) in [7, 11) is 3.06. The normalized spacial score (nSPS) is 16.2. The van der Waals surface area contributed by atoms with Crippen LogP contribution in [0.2, 0.25) is 0 Å². The summed E-state index contributed by atoms with van der Waals surface area (Å²) in [4.78, 5) is 45.7. The third-order valence-electron chi connectivity index (χ3n) is 6.16. The third-order valence-corrected chi connectivity index (χ3v) is 6.16. The lowest BCUT2D eigenvalue weighted by molar-refractivity contribution is 0.0937. The summed E-state index contributed by atoms with van der Waals surface area (Å²) < 4.78 is 4.17. The summed E-state index contributed by atoms with van der Waals surface area (Å²) in [5.74, 6) is 1.10. The number of aryl methyl sites for hydroxylation is 1. The number of benzene rings is 1. The number of hydrogen-bond acceptors (Lipinski definition) is 5. The van der Waals surface area contributed by atoms with Crippen LogP contribution in [-0.4, -0.2) is 37.6 Å². The zero-order valence-electron chi connectivity index (χ0n) is 17.8. The first-order valence-corrected chi connectivity index (χ1v) is 10.3. The van der Waals surface area contributed by atoms with Gasteiger partial charge in [-0.05, 0) is 25.7 Å². The van der Waals surface area contributed by atoms with E-state index in [4.69, 9.17) is 4.98 Å². The minimum atomic E-state index is -0.642. The molecule has 8 nitrogen and oxygen atoms in total. The smallest absolute Gasteiger partial charge is 0.332 e. The maximum absolute atomic E-state index is 13.3. The van der Waals surface area contributed by atoms with E-state index in [1.807, 2.05) is 18.2 Å². The van der Waals surface area contributed by atoms with Crippen LogP contribution in [0.1, 0.15) is 43.1 Å². The number of nitrogens with zero attached hydrogens (tertiary/aromatic N) is 5. The summed E-state index contributed by atoms with van der Waals surface area (Å²) in [5, 5.41) is 0. The molecule has 1 fully saturated rings. The topological polar surface area (TPSA) is 82.1 Å². The van der Waals surface area contributed by atoms with Gasteiger partial charge in [-0.2, -0.15) is 4.98 Å². The molecular weight excluding hydrogens is 382 g/mol. The summed E-state index contributed by atoms with van der Waals surface area (Å²) in [5.41, 5.74) is 0.295. The van der Waals surface area contributed by atoms with E-state index in [0.717, 1.165) is 30.5 Å². The molecule has 1 atom stereocenters. The molecule has 1 aromatic carbocycles. The monoisotopic (exact) mass is 409 g/mol. The molecule has 1 saturated heterocycles. The number of aromatic nitrogens is 4.